The van der Waals surface area contributed by atoms with Gasteiger partial charge in [-0.25, -0.2) is 14.2 Å². The molecule has 0 aliphatic carbocycles. The van der Waals surface area contributed by atoms with E-state index in [4.69, 9.17) is 4.74 Å². The van der Waals surface area contributed by atoms with Crippen LogP contribution >= 0.6 is 0 Å². The zero-order chi connectivity index (χ0) is 19.1. The van der Waals surface area contributed by atoms with Crippen LogP contribution in [0.3, 0.4) is 0 Å². The number of nitrogens with zero attached hydrogens (tertiary/aromatic N) is 4. The molecule has 2 saturated heterocycles. The van der Waals surface area contributed by atoms with Crippen molar-refractivity contribution in [3.05, 3.63) is 18.1 Å². The lowest BCUT2D eigenvalue weighted by molar-refractivity contribution is -0.117. The Kier molecular flexibility index (Phi) is 4.67. The SMILES string of the molecule is CCC(=O)N=S1(=O)CCC2(CC1)CN(c1nc(C)nc3[nH]ccc13)CCO2. The fourth-order valence-corrected chi connectivity index (χ4v) is 6.13. The summed E-state index contributed by atoms with van der Waals surface area (Å²) in [6, 6.07) is 2.00. The molecule has 2 fully saturated rings. The Balaban J connectivity index is 1.57. The minimum Gasteiger partial charge on any atom is -0.371 e. The third-order valence-corrected chi connectivity index (χ3v) is 7.60. The van der Waals surface area contributed by atoms with Gasteiger partial charge in [0.2, 0.25) is 0 Å². The van der Waals surface area contributed by atoms with Crippen LogP contribution in [0, 0.1) is 6.92 Å². The van der Waals surface area contributed by atoms with Gasteiger partial charge in [0.05, 0.1) is 27.3 Å². The standard InChI is InChI=1S/C18H25N5O3S/c1-3-15(24)22-27(25)10-5-18(6-11-27)12-23(8-9-26-18)17-14-4-7-19-16(14)20-13(2)21-17/h4,7H,3,5-6,8-12H2,1-2H3,(H,19,20,21). The summed E-state index contributed by atoms with van der Waals surface area (Å²) in [6.07, 6.45) is 3.46. The number of ether oxygens (including phenoxy) is 1. The fourth-order valence-electron chi connectivity index (χ4n) is 3.86. The molecule has 1 spiro atoms. The van der Waals surface area contributed by atoms with Gasteiger partial charge >= 0.3 is 0 Å². The van der Waals surface area contributed by atoms with Crippen molar-refractivity contribution in [1.29, 1.82) is 0 Å². The van der Waals surface area contributed by atoms with E-state index in [1.807, 2.05) is 19.2 Å². The van der Waals surface area contributed by atoms with Gasteiger partial charge in [0.15, 0.2) is 0 Å². The van der Waals surface area contributed by atoms with Gasteiger partial charge < -0.3 is 14.6 Å². The summed E-state index contributed by atoms with van der Waals surface area (Å²) >= 11 is 0. The second-order valence-corrected chi connectivity index (χ2v) is 9.85. The highest BCUT2D eigenvalue weighted by Crippen LogP contribution is 2.35. The van der Waals surface area contributed by atoms with Crippen molar-refractivity contribution in [1.82, 2.24) is 15.0 Å². The average Bonchev–Trinajstić information content (AvgIpc) is 3.12. The van der Waals surface area contributed by atoms with Crippen molar-refractivity contribution in [2.75, 3.05) is 36.1 Å². The zero-order valence-electron chi connectivity index (χ0n) is 15.7. The van der Waals surface area contributed by atoms with Crippen molar-refractivity contribution in [2.24, 2.45) is 4.36 Å². The van der Waals surface area contributed by atoms with E-state index in [2.05, 4.69) is 24.2 Å². The molecule has 1 N–H and O–H groups in total. The van der Waals surface area contributed by atoms with Crippen LogP contribution in [-0.2, 0) is 19.3 Å². The zero-order valence-corrected chi connectivity index (χ0v) is 16.5. The largest absolute Gasteiger partial charge is 0.371 e. The van der Waals surface area contributed by atoms with Crippen LogP contribution in [0.15, 0.2) is 16.6 Å². The molecule has 0 saturated carbocycles. The van der Waals surface area contributed by atoms with Crippen LogP contribution in [0.5, 0.6) is 0 Å². The number of aryl methyl sites for hydroxylation is 1. The van der Waals surface area contributed by atoms with Gasteiger partial charge in [0.25, 0.3) is 5.91 Å². The Morgan fingerprint density at radius 1 is 1.41 bits per heavy atom. The molecule has 2 aromatic heterocycles. The molecule has 0 bridgehead atoms. The van der Waals surface area contributed by atoms with Gasteiger partial charge in [-0.05, 0) is 25.8 Å². The van der Waals surface area contributed by atoms with Gasteiger partial charge in [-0.15, -0.1) is 0 Å². The number of anilines is 1. The minimum atomic E-state index is -2.45. The van der Waals surface area contributed by atoms with Crippen LogP contribution in [0.4, 0.5) is 5.82 Å². The molecule has 146 valence electrons. The number of morpholine rings is 1. The number of nitrogens with one attached hydrogen (secondary N) is 1. The summed E-state index contributed by atoms with van der Waals surface area (Å²) in [5.74, 6) is 2.19. The summed E-state index contributed by atoms with van der Waals surface area (Å²) in [5.41, 5.74) is 0.479. The maximum atomic E-state index is 12.9. The number of hydrogen-bond acceptors (Lipinski definition) is 6. The van der Waals surface area contributed by atoms with E-state index in [9.17, 15) is 9.00 Å². The number of hydrogen-bond donors (Lipinski definition) is 1. The molecular weight excluding hydrogens is 366 g/mol. The molecule has 2 aliphatic rings. The van der Waals surface area contributed by atoms with Crippen LogP contribution in [0.25, 0.3) is 11.0 Å². The van der Waals surface area contributed by atoms with Crippen LogP contribution in [-0.4, -0.2) is 61.9 Å². The number of amides is 1. The van der Waals surface area contributed by atoms with Gasteiger partial charge in [-0.3, -0.25) is 4.79 Å². The molecule has 0 aromatic carbocycles. The number of aromatic nitrogens is 3. The van der Waals surface area contributed by atoms with Crippen molar-refractivity contribution in [3.8, 4) is 0 Å². The van der Waals surface area contributed by atoms with E-state index in [0.717, 1.165) is 29.2 Å². The molecule has 4 rings (SSSR count). The summed E-state index contributed by atoms with van der Waals surface area (Å²) in [6.45, 7) is 5.68. The Hall–Kier alpha value is -2.00. The number of carbonyl (C=O) groups is 1. The third kappa shape index (κ3) is 3.58. The van der Waals surface area contributed by atoms with E-state index >= 15 is 0 Å². The average molecular weight is 391 g/mol. The first kappa shape index (κ1) is 18.4. The van der Waals surface area contributed by atoms with Gasteiger partial charge in [-0.2, -0.15) is 4.36 Å². The molecule has 9 heteroatoms. The first-order chi connectivity index (χ1) is 12.9. The number of rotatable bonds is 2. The highest BCUT2D eigenvalue weighted by atomic mass is 32.2. The van der Waals surface area contributed by atoms with E-state index in [0.29, 0.717) is 43.9 Å². The molecule has 2 aliphatic heterocycles. The Morgan fingerprint density at radius 3 is 2.93 bits per heavy atom. The molecule has 27 heavy (non-hydrogen) atoms. The fraction of sp³-hybridized carbons (Fsp3) is 0.611. The monoisotopic (exact) mass is 391 g/mol. The maximum absolute atomic E-state index is 12.9. The lowest BCUT2D eigenvalue weighted by atomic mass is 9.94. The van der Waals surface area contributed by atoms with E-state index < -0.39 is 9.73 Å². The Morgan fingerprint density at radius 2 is 2.19 bits per heavy atom. The topological polar surface area (TPSA) is 101 Å². The number of fused-ring (bicyclic) bond motifs is 1. The van der Waals surface area contributed by atoms with Crippen molar-refractivity contribution < 1.29 is 13.7 Å². The van der Waals surface area contributed by atoms with Gasteiger partial charge in [-0.1, -0.05) is 6.92 Å². The Bertz CT molecular complexity index is 978. The highest BCUT2D eigenvalue weighted by Gasteiger charge is 2.42. The van der Waals surface area contributed by atoms with Gasteiger partial charge in [0.1, 0.15) is 17.3 Å². The molecule has 4 heterocycles. The first-order valence-electron chi connectivity index (χ1n) is 9.38. The van der Waals surface area contributed by atoms with Crippen LogP contribution in [0.1, 0.15) is 32.0 Å². The van der Waals surface area contributed by atoms with Crippen LogP contribution in [0.2, 0.25) is 0 Å². The van der Waals surface area contributed by atoms with E-state index in [1.165, 1.54) is 0 Å². The highest BCUT2D eigenvalue weighted by molar-refractivity contribution is 7.93. The molecule has 2 aromatic rings. The normalized spacial score (nSPS) is 28.6. The minimum absolute atomic E-state index is 0.270. The van der Waals surface area contributed by atoms with Crippen molar-refractivity contribution >= 4 is 32.5 Å². The lowest BCUT2D eigenvalue weighted by Gasteiger charge is -2.45. The predicted molar refractivity (Wildman–Crippen MR) is 104 cm³/mol. The van der Waals surface area contributed by atoms with Crippen molar-refractivity contribution in [3.63, 3.8) is 0 Å². The molecule has 1 amide bonds. The summed E-state index contributed by atoms with van der Waals surface area (Å²) in [5, 5.41) is 1.00. The predicted octanol–water partition coefficient (Wildman–Crippen LogP) is 2.04. The number of aromatic amines is 1. The van der Waals surface area contributed by atoms with Crippen molar-refractivity contribution in [2.45, 2.75) is 38.7 Å². The van der Waals surface area contributed by atoms with E-state index in [-0.39, 0.29) is 11.5 Å². The number of carbonyl (C=O) groups excluding carboxylic acids is 1. The molecule has 0 atom stereocenters. The lowest BCUT2D eigenvalue weighted by Crippen LogP contribution is -2.55. The molecule has 0 radical (unpaired) electrons. The Labute approximate surface area is 158 Å². The molecular formula is C18H25N5O3S. The summed E-state index contributed by atoms with van der Waals surface area (Å²) < 4.78 is 23.0. The van der Waals surface area contributed by atoms with Gasteiger partial charge in [0, 0.05) is 37.2 Å². The second-order valence-electron chi connectivity index (χ2n) is 7.31. The second kappa shape index (κ2) is 6.87. The quantitative estimate of drug-likeness (QED) is 0.841. The smallest absolute Gasteiger partial charge is 0.253 e. The number of H-pyrrole nitrogens is 1. The van der Waals surface area contributed by atoms with Crippen LogP contribution < -0.4 is 4.90 Å². The maximum Gasteiger partial charge on any atom is 0.253 e. The first-order valence-corrected chi connectivity index (χ1v) is 11.2. The summed E-state index contributed by atoms with van der Waals surface area (Å²) in [7, 11) is -2.45. The molecule has 8 nitrogen and oxygen atoms in total. The molecule has 0 unspecified atom stereocenters. The van der Waals surface area contributed by atoms with E-state index in [1.54, 1.807) is 6.92 Å². The summed E-state index contributed by atoms with van der Waals surface area (Å²) in [4.78, 5) is 26.1. The third-order valence-electron chi connectivity index (χ3n) is 5.38.